The van der Waals surface area contributed by atoms with Crippen LogP contribution in [0.1, 0.15) is 26.2 Å². The lowest BCUT2D eigenvalue weighted by Crippen LogP contribution is -2.56. The Morgan fingerprint density at radius 2 is 2.42 bits per heavy atom. The van der Waals surface area contributed by atoms with Crippen molar-refractivity contribution in [3.8, 4) is 0 Å². The Bertz CT molecular complexity index is 175. The number of carbonyl (C=O) groups is 1. The number of aliphatic hydroxyl groups excluding tert-OH is 1. The zero-order valence-electron chi connectivity index (χ0n) is 7.21. The summed E-state index contributed by atoms with van der Waals surface area (Å²) in [6.45, 7) is 2.47. The lowest BCUT2D eigenvalue weighted by Gasteiger charge is -2.29. The van der Waals surface area contributed by atoms with Crippen LogP contribution in [-0.2, 0) is 4.79 Å². The molecule has 0 spiro atoms. The molecule has 0 radical (unpaired) electrons. The smallest absolute Gasteiger partial charge is 0.326 e. The van der Waals surface area contributed by atoms with Crippen molar-refractivity contribution in [3.63, 3.8) is 0 Å². The molecule has 1 heterocycles. The van der Waals surface area contributed by atoms with E-state index in [4.69, 9.17) is 5.11 Å². The van der Waals surface area contributed by atoms with Gasteiger partial charge in [0.15, 0.2) is 0 Å². The minimum absolute atomic E-state index is 0.472. The van der Waals surface area contributed by atoms with E-state index in [0.717, 1.165) is 6.42 Å². The highest BCUT2D eigenvalue weighted by Crippen LogP contribution is 2.25. The van der Waals surface area contributed by atoms with E-state index in [2.05, 4.69) is 5.32 Å². The van der Waals surface area contributed by atoms with Crippen LogP contribution in [0.2, 0.25) is 0 Å². The van der Waals surface area contributed by atoms with E-state index in [1.165, 1.54) is 0 Å². The van der Waals surface area contributed by atoms with Gasteiger partial charge < -0.3 is 10.2 Å². The second kappa shape index (κ2) is 3.41. The van der Waals surface area contributed by atoms with Crippen molar-refractivity contribution in [2.45, 2.75) is 37.8 Å². The van der Waals surface area contributed by atoms with Crippen LogP contribution in [0.15, 0.2) is 0 Å². The Kier molecular flexibility index (Phi) is 2.69. The highest BCUT2D eigenvalue weighted by molar-refractivity contribution is 5.80. The van der Waals surface area contributed by atoms with Crippen molar-refractivity contribution in [1.29, 1.82) is 0 Å². The number of hydrogen-bond acceptors (Lipinski definition) is 3. The number of aliphatic carboxylic acids is 1. The minimum atomic E-state index is -1.07. The van der Waals surface area contributed by atoms with Gasteiger partial charge in [-0.25, -0.2) is 0 Å². The summed E-state index contributed by atoms with van der Waals surface area (Å²) in [6, 6.07) is 0. The van der Waals surface area contributed by atoms with Gasteiger partial charge in [0.2, 0.25) is 0 Å². The predicted octanol–water partition coefficient (Wildman–Crippen LogP) is -0.0359. The Morgan fingerprint density at radius 3 is 2.75 bits per heavy atom. The lowest BCUT2D eigenvalue weighted by atomic mass is 9.89. The van der Waals surface area contributed by atoms with Crippen LogP contribution in [0.25, 0.3) is 0 Å². The molecule has 0 aromatic carbocycles. The number of aliphatic hydroxyl groups is 1. The zero-order chi connectivity index (χ0) is 9.19. The largest absolute Gasteiger partial charge is 0.480 e. The molecule has 1 fully saturated rings. The van der Waals surface area contributed by atoms with Gasteiger partial charge in [0, 0.05) is 0 Å². The second-order valence-corrected chi connectivity index (χ2v) is 3.23. The zero-order valence-corrected chi connectivity index (χ0v) is 7.21. The molecule has 3 N–H and O–H groups in total. The van der Waals surface area contributed by atoms with E-state index in [-0.39, 0.29) is 0 Å². The van der Waals surface area contributed by atoms with Gasteiger partial charge in [-0.2, -0.15) is 0 Å². The first-order valence-corrected chi connectivity index (χ1v) is 4.30. The summed E-state index contributed by atoms with van der Waals surface area (Å²) in [4.78, 5) is 10.9. The van der Waals surface area contributed by atoms with Gasteiger partial charge in [-0.05, 0) is 25.8 Å². The number of nitrogens with one attached hydrogen (secondary N) is 1. The molecule has 0 bridgehead atoms. The summed E-state index contributed by atoms with van der Waals surface area (Å²) in [7, 11) is 0. The molecule has 12 heavy (non-hydrogen) atoms. The topological polar surface area (TPSA) is 69.6 Å². The van der Waals surface area contributed by atoms with Gasteiger partial charge in [0.05, 0.1) is 6.10 Å². The van der Waals surface area contributed by atoms with Crippen molar-refractivity contribution in [1.82, 2.24) is 5.32 Å². The summed E-state index contributed by atoms with van der Waals surface area (Å²) >= 11 is 0. The third-order valence-electron chi connectivity index (χ3n) is 2.53. The predicted molar refractivity (Wildman–Crippen MR) is 43.9 cm³/mol. The fourth-order valence-corrected chi connectivity index (χ4v) is 1.73. The molecular formula is C8H15NO3. The van der Waals surface area contributed by atoms with E-state index in [0.29, 0.717) is 19.4 Å². The second-order valence-electron chi connectivity index (χ2n) is 3.23. The minimum Gasteiger partial charge on any atom is -0.480 e. The molecule has 1 aliphatic rings. The first-order valence-electron chi connectivity index (χ1n) is 4.30. The summed E-state index contributed by atoms with van der Waals surface area (Å²) in [5.41, 5.74) is -1.07. The maximum Gasteiger partial charge on any atom is 0.326 e. The standard InChI is InChI=1S/C8H15NO3/c1-2-6(10)8(7(11)12)4-3-5-9-8/h6,9-10H,2-5H2,1H3,(H,11,12)/t6?,8-/m1/s1. The molecule has 70 valence electrons. The van der Waals surface area contributed by atoms with Crippen LogP contribution in [0, 0.1) is 0 Å². The van der Waals surface area contributed by atoms with E-state index in [1.54, 1.807) is 6.92 Å². The highest BCUT2D eigenvalue weighted by Gasteiger charge is 2.46. The molecule has 0 saturated carbocycles. The molecule has 4 nitrogen and oxygen atoms in total. The number of carboxylic acids is 1. The third-order valence-corrected chi connectivity index (χ3v) is 2.53. The quantitative estimate of drug-likeness (QED) is 0.560. The summed E-state index contributed by atoms with van der Waals surface area (Å²) < 4.78 is 0. The average Bonchev–Trinajstić information content (AvgIpc) is 2.52. The number of hydrogen-bond donors (Lipinski definition) is 3. The van der Waals surface area contributed by atoms with Crippen molar-refractivity contribution >= 4 is 5.97 Å². The maximum atomic E-state index is 10.9. The van der Waals surface area contributed by atoms with Gasteiger partial charge in [-0.3, -0.25) is 10.1 Å². The molecule has 1 rings (SSSR count). The van der Waals surface area contributed by atoms with E-state index >= 15 is 0 Å². The number of carboxylic acid groups (broad SMARTS) is 1. The highest BCUT2D eigenvalue weighted by atomic mass is 16.4. The Balaban J connectivity index is 2.78. The van der Waals surface area contributed by atoms with Crippen LogP contribution in [0.3, 0.4) is 0 Å². The number of rotatable bonds is 3. The van der Waals surface area contributed by atoms with E-state index in [9.17, 15) is 9.90 Å². The molecule has 2 atom stereocenters. The molecule has 1 unspecified atom stereocenters. The van der Waals surface area contributed by atoms with Crippen LogP contribution in [0.4, 0.5) is 0 Å². The first kappa shape index (κ1) is 9.48. The van der Waals surface area contributed by atoms with Crippen molar-refractivity contribution in [2.24, 2.45) is 0 Å². The fourth-order valence-electron chi connectivity index (χ4n) is 1.73. The van der Waals surface area contributed by atoms with Gasteiger partial charge in [0.25, 0.3) is 0 Å². The summed E-state index contributed by atoms with van der Waals surface area (Å²) in [6.07, 6.45) is 1.04. The SMILES string of the molecule is CCC(O)[C@@]1(C(=O)O)CCCN1. The van der Waals surface area contributed by atoms with Crippen molar-refractivity contribution in [3.05, 3.63) is 0 Å². The molecular weight excluding hydrogens is 158 g/mol. The Hall–Kier alpha value is -0.610. The van der Waals surface area contributed by atoms with Gasteiger partial charge in [-0.1, -0.05) is 6.92 Å². The fraction of sp³-hybridized carbons (Fsp3) is 0.875. The molecule has 0 amide bonds. The van der Waals surface area contributed by atoms with E-state index in [1.807, 2.05) is 0 Å². The van der Waals surface area contributed by atoms with Crippen LogP contribution in [-0.4, -0.2) is 34.4 Å². The van der Waals surface area contributed by atoms with Gasteiger partial charge >= 0.3 is 5.97 Å². The van der Waals surface area contributed by atoms with Crippen LogP contribution >= 0.6 is 0 Å². The van der Waals surface area contributed by atoms with Gasteiger partial charge in [-0.15, -0.1) is 0 Å². The normalized spacial score (nSPS) is 31.8. The first-order chi connectivity index (χ1) is 5.63. The molecule has 4 heteroatoms. The maximum absolute atomic E-state index is 10.9. The summed E-state index contributed by atoms with van der Waals surface area (Å²) in [5, 5.41) is 21.3. The van der Waals surface area contributed by atoms with Crippen molar-refractivity contribution < 1.29 is 15.0 Å². The molecule has 1 aliphatic heterocycles. The lowest BCUT2D eigenvalue weighted by molar-refractivity contribution is -0.149. The molecule has 0 aromatic rings. The molecule has 0 aliphatic carbocycles. The van der Waals surface area contributed by atoms with Gasteiger partial charge in [0.1, 0.15) is 5.54 Å². The Morgan fingerprint density at radius 1 is 1.75 bits per heavy atom. The van der Waals surface area contributed by atoms with Crippen LogP contribution in [0.5, 0.6) is 0 Å². The monoisotopic (exact) mass is 173 g/mol. The van der Waals surface area contributed by atoms with E-state index < -0.39 is 17.6 Å². The molecule has 1 saturated heterocycles. The van der Waals surface area contributed by atoms with Crippen LogP contribution < -0.4 is 5.32 Å². The average molecular weight is 173 g/mol. The Labute approximate surface area is 71.6 Å². The third kappa shape index (κ3) is 1.32. The molecule has 0 aromatic heterocycles. The summed E-state index contributed by atoms with van der Waals surface area (Å²) in [5.74, 6) is -0.936. The van der Waals surface area contributed by atoms with Crippen molar-refractivity contribution in [2.75, 3.05) is 6.54 Å².